The van der Waals surface area contributed by atoms with Gasteiger partial charge in [0.15, 0.2) is 6.61 Å². The fourth-order valence-electron chi connectivity index (χ4n) is 2.07. The van der Waals surface area contributed by atoms with E-state index < -0.39 is 44.9 Å². The molecule has 0 unspecified atom stereocenters. The van der Waals surface area contributed by atoms with Crippen LogP contribution in [0.2, 0.25) is 0 Å². The summed E-state index contributed by atoms with van der Waals surface area (Å²) in [7, 11) is -3.53. The van der Waals surface area contributed by atoms with Crippen molar-refractivity contribution in [2.75, 3.05) is 22.9 Å². The Morgan fingerprint density at radius 2 is 1.89 bits per heavy atom. The number of amides is 1. The number of halogens is 1. The number of nitrogens with one attached hydrogen (secondary N) is 2. The van der Waals surface area contributed by atoms with E-state index in [1.165, 1.54) is 24.3 Å². The van der Waals surface area contributed by atoms with Crippen LogP contribution in [0.5, 0.6) is 0 Å². The lowest BCUT2D eigenvalue weighted by Gasteiger charge is -2.08. The summed E-state index contributed by atoms with van der Waals surface area (Å²) in [5, 5.41) is 12.9. The Balaban J connectivity index is 1.98. The largest absolute Gasteiger partial charge is 0.452 e. The number of hydrogen-bond acceptors (Lipinski definition) is 7. The fraction of sp³-hybridized carbons (Fsp3) is 0.125. The Morgan fingerprint density at radius 1 is 1.18 bits per heavy atom. The predicted octanol–water partition coefficient (Wildman–Crippen LogP) is 1.90. The van der Waals surface area contributed by atoms with E-state index in [0.29, 0.717) is 0 Å². The van der Waals surface area contributed by atoms with Crippen LogP contribution in [0.25, 0.3) is 0 Å². The molecule has 1 amide bonds. The Bertz CT molecular complexity index is 1040. The number of nitrogens with zero attached hydrogens (tertiary/aromatic N) is 1. The number of nitro benzene ring substituents is 1. The van der Waals surface area contributed by atoms with Gasteiger partial charge in [-0.3, -0.25) is 19.6 Å². The minimum Gasteiger partial charge on any atom is -0.452 e. The normalized spacial score (nSPS) is 10.8. The Morgan fingerprint density at radius 3 is 2.54 bits per heavy atom. The maximum atomic E-state index is 13.3. The number of ether oxygens (including phenoxy) is 1. The molecule has 0 aliphatic heterocycles. The van der Waals surface area contributed by atoms with Crippen molar-refractivity contribution < 1.29 is 32.1 Å². The quantitative estimate of drug-likeness (QED) is 0.402. The van der Waals surface area contributed by atoms with Crippen LogP contribution in [0.3, 0.4) is 0 Å². The summed E-state index contributed by atoms with van der Waals surface area (Å²) in [4.78, 5) is 33.6. The molecule has 0 fully saturated rings. The number of esters is 1. The van der Waals surface area contributed by atoms with E-state index in [0.717, 1.165) is 24.5 Å². The first-order chi connectivity index (χ1) is 13.0. The first-order valence-electron chi connectivity index (χ1n) is 7.54. The van der Waals surface area contributed by atoms with Gasteiger partial charge in [0.2, 0.25) is 15.8 Å². The Hall–Kier alpha value is -3.54. The average molecular weight is 411 g/mol. The van der Waals surface area contributed by atoms with E-state index >= 15 is 0 Å². The van der Waals surface area contributed by atoms with E-state index in [-0.39, 0.29) is 16.9 Å². The summed E-state index contributed by atoms with van der Waals surface area (Å²) in [5.74, 6) is -2.76. The molecule has 0 aromatic heterocycles. The van der Waals surface area contributed by atoms with Crippen LogP contribution < -0.4 is 10.0 Å². The summed E-state index contributed by atoms with van der Waals surface area (Å²) in [6.45, 7) is -0.715. The first kappa shape index (κ1) is 20.8. The molecule has 2 aromatic rings. The third kappa shape index (κ3) is 6.02. The van der Waals surface area contributed by atoms with Crippen LogP contribution in [0.15, 0.2) is 42.5 Å². The lowest BCUT2D eigenvalue weighted by atomic mass is 10.2. The molecule has 2 aromatic carbocycles. The highest BCUT2D eigenvalue weighted by molar-refractivity contribution is 7.92. The van der Waals surface area contributed by atoms with Crippen LogP contribution in [0.4, 0.5) is 21.5 Å². The van der Waals surface area contributed by atoms with Crippen LogP contribution in [0, 0.1) is 15.9 Å². The van der Waals surface area contributed by atoms with Gasteiger partial charge < -0.3 is 10.1 Å². The van der Waals surface area contributed by atoms with Crippen molar-refractivity contribution in [3.63, 3.8) is 0 Å². The molecular weight excluding hydrogens is 397 g/mol. The molecular formula is C16H14FN3O7S. The standard InChI is InChI=1S/C16H14FN3O7S/c1-28(25,26)19-12-4-2-3-10(7-12)16(22)27-9-15(21)18-11-5-6-13(17)14(8-11)20(23)24/h2-8,19H,9H2,1H3,(H,18,21). The van der Waals surface area contributed by atoms with E-state index in [1.807, 2.05) is 0 Å². The van der Waals surface area contributed by atoms with Gasteiger partial charge in [0, 0.05) is 17.4 Å². The van der Waals surface area contributed by atoms with Crippen molar-refractivity contribution in [1.82, 2.24) is 0 Å². The lowest BCUT2D eigenvalue weighted by Crippen LogP contribution is -2.21. The van der Waals surface area contributed by atoms with E-state index in [4.69, 9.17) is 4.74 Å². The molecule has 0 saturated carbocycles. The number of sulfonamides is 1. The van der Waals surface area contributed by atoms with Crippen LogP contribution >= 0.6 is 0 Å². The molecule has 28 heavy (non-hydrogen) atoms. The number of rotatable bonds is 7. The maximum absolute atomic E-state index is 13.3. The minimum absolute atomic E-state index is 0.00105. The molecule has 0 aliphatic carbocycles. The monoisotopic (exact) mass is 411 g/mol. The highest BCUT2D eigenvalue weighted by Crippen LogP contribution is 2.21. The summed E-state index contributed by atoms with van der Waals surface area (Å²) in [6.07, 6.45) is 0.947. The zero-order chi connectivity index (χ0) is 20.9. The highest BCUT2D eigenvalue weighted by atomic mass is 32.2. The molecule has 148 valence electrons. The smallest absolute Gasteiger partial charge is 0.338 e. The minimum atomic E-state index is -3.53. The molecule has 0 radical (unpaired) electrons. The average Bonchev–Trinajstić information content (AvgIpc) is 2.60. The lowest BCUT2D eigenvalue weighted by molar-refractivity contribution is -0.387. The van der Waals surface area contributed by atoms with Gasteiger partial charge in [-0.05, 0) is 30.3 Å². The first-order valence-corrected chi connectivity index (χ1v) is 9.43. The van der Waals surface area contributed by atoms with Gasteiger partial charge in [-0.2, -0.15) is 4.39 Å². The maximum Gasteiger partial charge on any atom is 0.338 e. The molecule has 0 saturated heterocycles. The molecule has 0 aliphatic rings. The zero-order valence-corrected chi connectivity index (χ0v) is 15.2. The zero-order valence-electron chi connectivity index (χ0n) is 14.3. The van der Waals surface area contributed by atoms with E-state index in [2.05, 4.69) is 10.0 Å². The topological polar surface area (TPSA) is 145 Å². The number of nitro groups is 1. The van der Waals surface area contributed by atoms with Crippen LogP contribution in [-0.4, -0.2) is 38.1 Å². The third-order valence-corrected chi connectivity index (χ3v) is 3.77. The van der Waals surface area contributed by atoms with Gasteiger partial charge in [0.1, 0.15) is 0 Å². The molecule has 0 atom stereocenters. The summed E-state index contributed by atoms with van der Waals surface area (Å²) in [5.41, 5.74) is -0.725. The summed E-state index contributed by atoms with van der Waals surface area (Å²) in [6, 6.07) is 8.19. The summed E-state index contributed by atoms with van der Waals surface area (Å²) >= 11 is 0. The molecule has 10 nitrogen and oxygen atoms in total. The molecule has 0 spiro atoms. The van der Waals surface area contributed by atoms with Crippen molar-refractivity contribution in [3.8, 4) is 0 Å². The number of carbonyl (C=O) groups excluding carboxylic acids is 2. The SMILES string of the molecule is CS(=O)(=O)Nc1cccc(C(=O)OCC(=O)Nc2ccc(F)c([N+](=O)[O-])c2)c1. The van der Waals surface area contributed by atoms with E-state index in [9.17, 15) is 32.5 Å². The van der Waals surface area contributed by atoms with Gasteiger partial charge in [-0.25, -0.2) is 13.2 Å². The molecule has 2 rings (SSSR count). The van der Waals surface area contributed by atoms with Gasteiger partial charge in [-0.15, -0.1) is 0 Å². The van der Waals surface area contributed by atoms with Crippen LogP contribution in [0.1, 0.15) is 10.4 Å². The van der Waals surface area contributed by atoms with Crippen molar-refractivity contribution in [2.45, 2.75) is 0 Å². The number of anilines is 2. The second-order valence-electron chi connectivity index (χ2n) is 5.50. The van der Waals surface area contributed by atoms with Crippen molar-refractivity contribution >= 4 is 39.0 Å². The molecule has 2 N–H and O–H groups in total. The van der Waals surface area contributed by atoms with Crippen molar-refractivity contribution in [2.24, 2.45) is 0 Å². The third-order valence-electron chi connectivity index (χ3n) is 3.16. The predicted molar refractivity (Wildman–Crippen MR) is 96.9 cm³/mol. The summed E-state index contributed by atoms with van der Waals surface area (Å²) < 4.78 is 42.7. The van der Waals surface area contributed by atoms with Gasteiger partial charge in [0.05, 0.1) is 16.7 Å². The second kappa shape index (κ2) is 8.43. The number of carbonyl (C=O) groups is 2. The van der Waals surface area contributed by atoms with Crippen LogP contribution in [-0.2, 0) is 19.6 Å². The Kier molecular flexibility index (Phi) is 6.26. The Labute approximate surface area is 158 Å². The molecule has 12 heteroatoms. The van der Waals surface area contributed by atoms with Gasteiger partial charge in [-0.1, -0.05) is 6.07 Å². The molecule has 0 bridgehead atoms. The molecule has 0 heterocycles. The van der Waals surface area contributed by atoms with Crippen molar-refractivity contribution in [3.05, 3.63) is 64.0 Å². The number of hydrogen-bond donors (Lipinski definition) is 2. The van der Waals surface area contributed by atoms with E-state index in [1.54, 1.807) is 0 Å². The van der Waals surface area contributed by atoms with Gasteiger partial charge >= 0.3 is 11.7 Å². The van der Waals surface area contributed by atoms with Crippen molar-refractivity contribution in [1.29, 1.82) is 0 Å². The highest BCUT2D eigenvalue weighted by Gasteiger charge is 2.16. The van der Waals surface area contributed by atoms with Gasteiger partial charge in [0.25, 0.3) is 5.91 Å². The number of benzene rings is 2. The fourth-order valence-corrected chi connectivity index (χ4v) is 2.62. The second-order valence-corrected chi connectivity index (χ2v) is 7.25.